The van der Waals surface area contributed by atoms with Crippen molar-refractivity contribution in [2.75, 3.05) is 30.8 Å². The van der Waals surface area contributed by atoms with E-state index in [-0.39, 0.29) is 35.9 Å². The molecule has 128 valence electrons. The van der Waals surface area contributed by atoms with Crippen molar-refractivity contribution in [3.63, 3.8) is 0 Å². The molecule has 0 aliphatic carbocycles. The molecule has 0 spiro atoms. The third kappa shape index (κ3) is 4.41. The van der Waals surface area contributed by atoms with Gasteiger partial charge in [-0.1, -0.05) is 0 Å². The minimum absolute atomic E-state index is 0.103. The quantitative estimate of drug-likeness (QED) is 0.713. The highest BCUT2D eigenvalue weighted by Gasteiger charge is 2.26. The normalized spacial score (nSPS) is 11.0. The van der Waals surface area contributed by atoms with Gasteiger partial charge in [-0.25, -0.2) is 23.0 Å². The molecule has 0 unspecified atom stereocenters. The molecule has 0 aromatic carbocycles. The van der Waals surface area contributed by atoms with Crippen molar-refractivity contribution in [1.82, 2.24) is 4.98 Å². The highest BCUT2D eigenvalue weighted by atomic mass is 32.2. The molecule has 0 N–H and O–H groups in total. The predicted octanol–water partition coefficient (Wildman–Crippen LogP) is 1.14. The van der Waals surface area contributed by atoms with E-state index < -0.39 is 22.0 Å². The Morgan fingerprint density at radius 3 is 2.17 bits per heavy atom. The Hall–Kier alpha value is -2.16. The van der Waals surface area contributed by atoms with Gasteiger partial charge in [0.2, 0.25) is 10.0 Å². The van der Waals surface area contributed by atoms with E-state index in [4.69, 9.17) is 9.47 Å². The average Bonchev–Trinajstić information content (AvgIpc) is 2.45. The summed E-state index contributed by atoms with van der Waals surface area (Å²) in [6.07, 6.45) is 1.02. The standard InChI is InChI=1S/C14H20N2O6S/c1-6-21-13(17)10-8-11(16(4)23(5,19)20)9(3)15-12(10)14(18)22-7-2/h8H,6-7H2,1-5H3. The maximum absolute atomic E-state index is 12.1. The van der Waals surface area contributed by atoms with Gasteiger partial charge in [0.15, 0.2) is 5.69 Å². The largest absolute Gasteiger partial charge is 0.462 e. The van der Waals surface area contributed by atoms with Gasteiger partial charge in [0.25, 0.3) is 0 Å². The second-order valence-corrected chi connectivity index (χ2v) is 6.67. The highest BCUT2D eigenvalue weighted by molar-refractivity contribution is 7.92. The number of esters is 2. The predicted molar refractivity (Wildman–Crippen MR) is 84.1 cm³/mol. The van der Waals surface area contributed by atoms with E-state index in [1.165, 1.54) is 20.0 Å². The van der Waals surface area contributed by atoms with Crippen LogP contribution in [0.15, 0.2) is 6.07 Å². The number of pyridine rings is 1. The van der Waals surface area contributed by atoms with Crippen LogP contribution in [-0.2, 0) is 19.5 Å². The van der Waals surface area contributed by atoms with Crippen LogP contribution in [0.4, 0.5) is 5.69 Å². The summed E-state index contributed by atoms with van der Waals surface area (Å²) in [7, 11) is -2.22. The summed E-state index contributed by atoms with van der Waals surface area (Å²) in [5.74, 6) is -1.54. The molecule has 0 atom stereocenters. The van der Waals surface area contributed by atoms with Crippen LogP contribution in [0.3, 0.4) is 0 Å². The molecular formula is C14H20N2O6S. The van der Waals surface area contributed by atoms with Crippen molar-refractivity contribution in [3.8, 4) is 0 Å². The van der Waals surface area contributed by atoms with Crippen molar-refractivity contribution in [1.29, 1.82) is 0 Å². The lowest BCUT2D eigenvalue weighted by Crippen LogP contribution is -2.27. The van der Waals surface area contributed by atoms with Gasteiger partial charge in [-0.2, -0.15) is 0 Å². The molecule has 9 heteroatoms. The highest BCUT2D eigenvalue weighted by Crippen LogP contribution is 2.24. The van der Waals surface area contributed by atoms with E-state index in [9.17, 15) is 18.0 Å². The van der Waals surface area contributed by atoms with Crippen molar-refractivity contribution in [3.05, 3.63) is 23.0 Å². The lowest BCUT2D eigenvalue weighted by Gasteiger charge is -2.20. The van der Waals surface area contributed by atoms with E-state index in [0.717, 1.165) is 10.6 Å². The van der Waals surface area contributed by atoms with Crippen LogP contribution in [0.5, 0.6) is 0 Å². The molecule has 1 aromatic heterocycles. The van der Waals surface area contributed by atoms with Gasteiger partial charge in [0.1, 0.15) is 0 Å². The topological polar surface area (TPSA) is 103 Å². The van der Waals surface area contributed by atoms with Gasteiger partial charge >= 0.3 is 11.9 Å². The lowest BCUT2D eigenvalue weighted by atomic mass is 10.1. The second-order valence-electron chi connectivity index (χ2n) is 4.66. The summed E-state index contributed by atoms with van der Waals surface area (Å²) in [6.45, 7) is 5.00. The molecule has 8 nitrogen and oxygen atoms in total. The van der Waals surface area contributed by atoms with Crippen LogP contribution in [0.2, 0.25) is 0 Å². The van der Waals surface area contributed by atoms with Crippen LogP contribution in [0.1, 0.15) is 40.4 Å². The van der Waals surface area contributed by atoms with Crippen LogP contribution in [0.25, 0.3) is 0 Å². The van der Waals surface area contributed by atoms with E-state index in [1.54, 1.807) is 13.8 Å². The number of anilines is 1. The molecule has 0 fully saturated rings. The molecule has 0 aliphatic heterocycles. The van der Waals surface area contributed by atoms with Crippen molar-refractivity contribution in [2.24, 2.45) is 0 Å². The number of carbonyl (C=O) groups is 2. The monoisotopic (exact) mass is 344 g/mol. The molecule has 0 aliphatic rings. The number of aromatic nitrogens is 1. The van der Waals surface area contributed by atoms with Crippen molar-refractivity contribution in [2.45, 2.75) is 20.8 Å². The maximum atomic E-state index is 12.1. The van der Waals surface area contributed by atoms with Gasteiger partial charge in [0.05, 0.1) is 36.4 Å². The first-order valence-corrected chi connectivity index (χ1v) is 8.78. The van der Waals surface area contributed by atoms with Crippen molar-refractivity contribution < 1.29 is 27.5 Å². The van der Waals surface area contributed by atoms with Gasteiger partial charge in [-0.3, -0.25) is 4.31 Å². The van der Waals surface area contributed by atoms with E-state index in [1.807, 2.05) is 0 Å². The number of hydrogen-bond donors (Lipinski definition) is 0. The molecular weight excluding hydrogens is 324 g/mol. The first kappa shape index (κ1) is 18.9. The molecule has 0 amide bonds. The van der Waals surface area contributed by atoms with Gasteiger partial charge < -0.3 is 9.47 Å². The molecule has 0 saturated heterocycles. The Labute approximate surface area is 135 Å². The maximum Gasteiger partial charge on any atom is 0.357 e. The van der Waals surface area contributed by atoms with Crippen LogP contribution in [-0.4, -0.2) is 51.9 Å². The minimum Gasteiger partial charge on any atom is -0.462 e. The SMILES string of the molecule is CCOC(=O)c1cc(N(C)S(C)(=O)=O)c(C)nc1C(=O)OCC. The number of ether oxygens (including phenoxy) is 2. The molecule has 1 heterocycles. The smallest absolute Gasteiger partial charge is 0.357 e. The zero-order chi connectivity index (χ0) is 17.8. The fraction of sp³-hybridized carbons (Fsp3) is 0.500. The summed E-state index contributed by atoms with van der Waals surface area (Å²) in [4.78, 5) is 28.1. The number of sulfonamides is 1. The molecule has 0 saturated carbocycles. The second kappa shape index (κ2) is 7.40. The number of nitrogens with zero attached hydrogens (tertiary/aromatic N) is 2. The lowest BCUT2D eigenvalue weighted by molar-refractivity contribution is 0.0473. The summed E-state index contributed by atoms with van der Waals surface area (Å²) >= 11 is 0. The Morgan fingerprint density at radius 1 is 1.17 bits per heavy atom. The van der Waals surface area contributed by atoms with Gasteiger partial charge in [0, 0.05) is 7.05 Å². The summed E-state index contributed by atoms with van der Waals surface area (Å²) in [5.41, 5.74) is 0.118. The van der Waals surface area contributed by atoms with E-state index in [2.05, 4.69) is 4.98 Å². The summed E-state index contributed by atoms with van der Waals surface area (Å²) in [5, 5.41) is 0. The third-order valence-corrected chi connectivity index (χ3v) is 4.18. The minimum atomic E-state index is -3.55. The third-order valence-electron chi connectivity index (χ3n) is 2.99. The Bertz CT molecular complexity index is 714. The van der Waals surface area contributed by atoms with Gasteiger partial charge in [-0.15, -0.1) is 0 Å². The number of carbonyl (C=O) groups excluding carboxylic acids is 2. The Morgan fingerprint density at radius 2 is 1.70 bits per heavy atom. The van der Waals surface area contributed by atoms with Crippen LogP contribution >= 0.6 is 0 Å². The number of rotatable bonds is 6. The molecule has 0 radical (unpaired) electrons. The zero-order valence-corrected chi connectivity index (χ0v) is 14.6. The number of aryl methyl sites for hydroxylation is 1. The van der Waals surface area contributed by atoms with Crippen LogP contribution < -0.4 is 4.31 Å². The summed E-state index contributed by atoms with van der Waals surface area (Å²) in [6, 6.07) is 1.27. The van der Waals surface area contributed by atoms with Gasteiger partial charge in [-0.05, 0) is 26.8 Å². The Kier molecular flexibility index (Phi) is 6.08. The zero-order valence-electron chi connectivity index (χ0n) is 13.7. The fourth-order valence-corrected chi connectivity index (χ4v) is 2.35. The molecule has 1 aromatic rings. The van der Waals surface area contributed by atoms with E-state index >= 15 is 0 Å². The van der Waals surface area contributed by atoms with Crippen LogP contribution in [0, 0.1) is 6.92 Å². The summed E-state index contributed by atoms with van der Waals surface area (Å²) < 4.78 is 34.2. The molecule has 23 heavy (non-hydrogen) atoms. The molecule has 0 bridgehead atoms. The average molecular weight is 344 g/mol. The fourth-order valence-electron chi connectivity index (χ4n) is 1.81. The number of hydrogen-bond acceptors (Lipinski definition) is 7. The van der Waals surface area contributed by atoms with E-state index in [0.29, 0.717) is 0 Å². The first-order valence-electron chi connectivity index (χ1n) is 6.93. The van der Waals surface area contributed by atoms with Crippen molar-refractivity contribution >= 4 is 27.6 Å². The Balaban J connectivity index is 3.53. The molecule has 1 rings (SSSR count). The first-order chi connectivity index (χ1) is 10.6.